The lowest BCUT2D eigenvalue weighted by Gasteiger charge is -2.13. The van der Waals surface area contributed by atoms with Crippen LogP contribution >= 0.6 is 0 Å². The summed E-state index contributed by atoms with van der Waals surface area (Å²) in [5.74, 6) is -1.73. The molecule has 3 N–H and O–H groups in total. The molecule has 0 unspecified atom stereocenters. The molecule has 0 aliphatic carbocycles. The normalized spacial score (nSPS) is 13.2. The van der Waals surface area contributed by atoms with Crippen LogP contribution in [0.1, 0.15) is 26.4 Å². The Hall–Kier alpha value is -4.15. The highest BCUT2D eigenvalue weighted by Crippen LogP contribution is 2.30. The van der Waals surface area contributed by atoms with Gasteiger partial charge < -0.3 is 10.5 Å². The zero-order valence-corrected chi connectivity index (χ0v) is 14.9. The zero-order valence-electron chi connectivity index (χ0n) is 14.9. The van der Waals surface area contributed by atoms with Crippen molar-refractivity contribution in [1.82, 2.24) is 14.9 Å². The topological polar surface area (TPSA) is 116 Å². The van der Waals surface area contributed by atoms with Crippen molar-refractivity contribution in [3.8, 4) is 17.3 Å². The number of aromatic nitrogens is 2. The number of halogens is 3. The van der Waals surface area contributed by atoms with E-state index in [1.807, 2.05) is 0 Å². The van der Waals surface area contributed by atoms with E-state index in [0.29, 0.717) is 0 Å². The molecule has 2 aromatic heterocycles. The molecule has 3 heterocycles. The predicted octanol–water partition coefficient (Wildman–Crippen LogP) is 2.51. The number of nitrogens with one attached hydrogen (secondary N) is 1. The van der Waals surface area contributed by atoms with E-state index in [9.17, 15) is 27.6 Å². The van der Waals surface area contributed by atoms with Crippen LogP contribution < -0.4 is 21.3 Å². The highest BCUT2D eigenvalue weighted by atomic mass is 19.4. The number of imide groups is 1. The third-order valence-electron chi connectivity index (χ3n) is 4.28. The third-order valence-corrected chi connectivity index (χ3v) is 4.28. The van der Waals surface area contributed by atoms with Gasteiger partial charge in [0.25, 0.3) is 17.4 Å². The number of hydrogen-bond acceptors (Lipinski definition) is 6. The number of hydrogen-bond donors (Lipinski definition) is 2. The van der Waals surface area contributed by atoms with Gasteiger partial charge in [-0.25, -0.2) is 4.98 Å². The van der Waals surface area contributed by atoms with Crippen molar-refractivity contribution in [3.05, 3.63) is 75.7 Å². The summed E-state index contributed by atoms with van der Waals surface area (Å²) in [7, 11) is 0. The van der Waals surface area contributed by atoms with Gasteiger partial charge in [0.05, 0.1) is 16.8 Å². The molecule has 30 heavy (non-hydrogen) atoms. The molecule has 0 atom stereocenters. The minimum atomic E-state index is -4.61. The molecule has 0 radical (unpaired) electrons. The van der Waals surface area contributed by atoms with Crippen LogP contribution in [0.5, 0.6) is 11.6 Å². The van der Waals surface area contributed by atoms with E-state index in [2.05, 4.69) is 10.3 Å². The van der Waals surface area contributed by atoms with Crippen molar-refractivity contribution in [3.63, 3.8) is 0 Å². The summed E-state index contributed by atoms with van der Waals surface area (Å²) in [4.78, 5) is 39.4. The molecule has 0 spiro atoms. The summed E-state index contributed by atoms with van der Waals surface area (Å²) in [6.45, 7) is 0. The number of amides is 2. The van der Waals surface area contributed by atoms with Crippen molar-refractivity contribution in [2.75, 3.05) is 5.73 Å². The number of nitrogen functional groups attached to an aromatic ring is 1. The summed E-state index contributed by atoms with van der Waals surface area (Å²) >= 11 is 0. The Morgan fingerprint density at radius 2 is 1.70 bits per heavy atom. The van der Waals surface area contributed by atoms with E-state index >= 15 is 0 Å². The van der Waals surface area contributed by atoms with E-state index in [1.165, 1.54) is 30.3 Å². The largest absolute Gasteiger partial charge is 0.439 e. The van der Waals surface area contributed by atoms with Gasteiger partial charge in [-0.05, 0) is 30.3 Å². The Balaban J connectivity index is 1.66. The van der Waals surface area contributed by atoms with Crippen molar-refractivity contribution < 1.29 is 27.5 Å². The summed E-state index contributed by atoms with van der Waals surface area (Å²) in [5.41, 5.74) is 4.27. The first-order chi connectivity index (χ1) is 14.1. The number of pyridine rings is 2. The van der Waals surface area contributed by atoms with Crippen LogP contribution in [0.2, 0.25) is 0 Å². The fraction of sp³-hybridized carbons (Fsp3) is 0.0526. The molecule has 0 saturated carbocycles. The number of anilines is 1. The van der Waals surface area contributed by atoms with Gasteiger partial charge in [-0.15, -0.1) is 0 Å². The number of carbonyl (C=O) groups excluding carboxylic acids is 2. The molecule has 3 aromatic rings. The summed E-state index contributed by atoms with van der Waals surface area (Å²) in [6.07, 6.45) is -4.61. The van der Waals surface area contributed by atoms with Gasteiger partial charge in [-0.1, -0.05) is 6.07 Å². The molecule has 1 aliphatic rings. The average Bonchev–Trinajstić information content (AvgIpc) is 2.96. The average molecular weight is 416 g/mol. The Morgan fingerprint density at radius 1 is 1.00 bits per heavy atom. The van der Waals surface area contributed by atoms with Crippen LogP contribution in [0.15, 0.2) is 53.3 Å². The Bertz CT molecular complexity index is 1250. The maximum atomic E-state index is 12.8. The lowest BCUT2D eigenvalue weighted by atomic mass is 10.1. The number of carbonyl (C=O) groups is 2. The van der Waals surface area contributed by atoms with Gasteiger partial charge in [0.2, 0.25) is 5.88 Å². The number of nitrogens with two attached hydrogens (primary N) is 1. The maximum absolute atomic E-state index is 12.8. The molecule has 8 nitrogen and oxygen atoms in total. The van der Waals surface area contributed by atoms with E-state index in [1.54, 1.807) is 0 Å². The quantitative estimate of drug-likeness (QED) is 0.634. The van der Waals surface area contributed by atoms with Crippen LogP contribution in [0, 0.1) is 0 Å². The molecular formula is C19H11F3N4O4. The van der Waals surface area contributed by atoms with Crippen molar-refractivity contribution in [1.29, 1.82) is 0 Å². The van der Waals surface area contributed by atoms with Crippen LogP contribution in [0.25, 0.3) is 5.69 Å². The third kappa shape index (κ3) is 3.26. The van der Waals surface area contributed by atoms with Crippen LogP contribution in [-0.4, -0.2) is 21.4 Å². The van der Waals surface area contributed by atoms with Gasteiger partial charge in [-0.2, -0.15) is 13.2 Å². The second-order valence-electron chi connectivity index (χ2n) is 6.23. The Labute approximate surface area is 165 Å². The minimum Gasteiger partial charge on any atom is -0.439 e. The van der Waals surface area contributed by atoms with Gasteiger partial charge in [0.1, 0.15) is 17.3 Å². The standard InChI is InChI=1S/C19H11F3N4O4/c20-19(21,22)12-2-1-3-13(24-12)30-10-6-4-9(5-7-10)26-14(27)8-11-15(16(26)23)18(29)25-17(11)28/h1-8H,23H2,(H,25,28,29). The Morgan fingerprint density at radius 3 is 2.37 bits per heavy atom. The van der Waals surface area contributed by atoms with Crippen molar-refractivity contribution in [2.24, 2.45) is 0 Å². The molecule has 4 rings (SSSR count). The molecule has 1 aromatic carbocycles. The summed E-state index contributed by atoms with van der Waals surface area (Å²) in [6, 6.07) is 9.87. The Kier molecular flexibility index (Phi) is 4.30. The molecule has 1 aliphatic heterocycles. The number of benzene rings is 1. The van der Waals surface area contributed by atoms with Gasteiger partial charge in [-0.3, -0.25) is 24.3 Å². The lowest BCUT2D eigenvalue weighted by molar-refractivity contribution is -0.141. The highest BCUT2D eigenvalue weighted by Gasteiger charge is 2.33. The monoisotopic (exact) mass is 416 g/mol. The molecule has 0 saturated heterocycles. The molecule has 152 valence electrons. The number of ether oxygens (including phenoxy) is 1. The first kappa shape index (κ1) is 19.2. The molecule has 11 heteroatoms. The molecular weight excluding hydrogens is 405 g/mol. The van der Waals surface area contributed by atoms with Crippen molar-refractivity contribution in [2.45, 2.75) is 6.18 Å². The van der Waals surface area contributed by atoms with Crippen LogP contribution in [0.4, 0.5) is 19.0 Å². The van der Waals surface area contributed by atoms with E-state index in [-0.39, 0.29) is 34.3 Å². The predicted molar refractivity (Wildman–Crippen MR) is 97.6 cm³/mol. The van der Waals surface area contributed by atoms with Crippen LogP contribution in [-0.2, 0) is 6.18 Å². The fourth-order valence-electron chi connectivity index (χ4n) is 2.96. The SMILES string of the molecule is Nc1c2c(cc(=O)n1-c1ccc(Oc3cccc(C(F)(F)F)n3)cc1)C(=O)NC2=O. The second kappa shape index (κ2) is 6.72. The lowest BCUT2D eigenvalue weighted by Crippen LogP contribution is -2.24. The smallest absolute Gasteiger partial charge is 0.433 e. The number of nitrogens with zero attached hydrogens (tertiary/aromatic N) is 2. The molecule has 0 bridgehead atoms. The van der Waals surface area contributed by atoms with Gasteiger partial charge in [0.15, 0.2) is 0 Å². The van der Waals surface area contributed by atoms with Gasteiger partial charge >= 0.3 is 6.18 Å². The second-order valence-corrected chi connectivity index (χ2v) is 6.23. The molecule has 2 amide bonds. The van der Waals surface area contributed by atoms with E-state index in [4.69, 9.17) is 10.5 Å². The zero-order chi connectivity index (χ0) is 21.6. The maximum Gasteiger partial charge on any atom is 0.433 e. The molecule has 0 fully saturated rings. The first-order valence-corrected chi connectivity index (χ1v) is 8.39. The number of alkyl halides is 3. The van der Waals surface area contributed by atoms with E-state index in [0.717, 1.165) is 22.8 Å². The minimum absolute atomic E-state index is 0.102. The highest BCUT2D eigenvalue weighted by molar-refractivity contribution is 6.23. The number of fused-ring (bicyclic) bond motifs is 1. The number of rotatable bonds is 3. The first-order valence-electron chi connectivity index (χ1n) is 8.39. The van der Waals surface area contributed by atoms with Crippen molar-refractivity contribution >= 4 is 17.6 Å². The van der Waals surface area contributed by atoms with Gasteiger partial charge in [0, 0.05) is 12.1 Å². The fourth-order valence-corrected chi connectivity index (χ4v) is 2.96. The van der Waals surface area contributed by atoms with Crippen LogP contribution in [0.3, 0.4) is 0 Å². The summed E-state index contributed by atoms with van der Waals surface area (Å²) < 4.78 is 44.6. The summed E-state index contributed by atoms with van der Waals surface area (Å²) in [5, 5.41) is 2.06. The van der Waals surface area contributed by atoms with E-state index < -0.39 is 29.2 Å².